The molecule has 318 valence electrons. The van der Waals surface area contributed by atoms with Gasteiger partial charge in [-0.25, -0.2) is 4.39 Å². The zero-order chi connectivity index (χ0) is 42.8. The quantitative estimate of drug-likeness (QED) is 0.165. The molecule has 2 aliphatic heterocycles. The lowest BCUT2D eigenvalue weighted by Crippen LogP contribution is -2.50. The zero-order valence-electron chi connectivity index (χ0n) is 34.8. The first-order valence-electron chi connectivity index (χ1n) is 21.1. The summed E-state index contributed by atoms with van der Waals surface area (Å²) in [5, 5.41) is 5.74. The molecule has 4 aromatic rings. The minimum Gasteiger partial charge on any atom is -0.497 e. The van der Waals surface area contributed by atoms with E-state index in [1.54, 1.807) is 40.1 Å². The van der Waals surface area contributed by atoms with Crippen LogP contribution in [0.3, 0.4) is 0 Å². The van der Waals surface area contributed by atoms with E-state index in [0.29, 0.717) is 41.3 Å². The molecule has 12 nitrogen and oxygen atoms in total. The van der Waals surface area contributed by atoms with E-state index in [1.165, 1.54) is 26.4 Å². The number of aliphatic imine (C=N–C) groups is 2. The lowest BCUT2D eigenvalue weighted by molar-refractivity contribution is -0.133. The standard InChI is InChI=1S/C25H28FN3O4.C23H25N3O2/c1-32-20-13-19(14-21(15-20)33-2)27-22(30)16-29-24(31)23(17-7-9-18(26)10-8-17)28-25(29)11-5-3-4-6-12-25;27-20(24-19-13-7-4-8-14-19)17-26-22(28)21(18-11-5-3-6-12-18)25-23(26)15-9-1-2-10-16-23/h7-10,13-15H,3-6,11-12,16H2,1-2H3,(H,27,30);3-8,11-14H,1-2,9-10,15-17H2,(H,24,27). The van der Waals surface area contributed by atoms with Crippen molar-refractivity contribution < 1.29 is 33.0 Å². The Morgan fingerprint density at radius 3 is 1.43 bits per heavy atom. The van der Waals surface area contributed by atoms with Gasteiger partial charge in [-0.05, 0) is 87.8 Å². The van der Waals surface area contributed by atoms with E-state index in [-0.39, 0.29) is 48.2 Å². The Morgan fingerprint density at radius 2 is 0.984 bits per heavy atom. The van der Waals surface area contributed by atoms with Crippen molar-refractivity contribution >= 4 is 46.4 Å². The van der Waals surface area contributed by atoms with Gasteiger partial charge in [0.25, 0.3) is 11.8 Å². The third-order valence-corrected chi connectivity index (χ3v) is 11.8. The van der Waals surface area contributed by atoms with Crippen molar-refractivity contribution in [2.75, 3.05) is 37.9 Å². The average molecular weight is 829 g/mol. The summed E-state index contributed by atoms with van der Waals surface area (Å²) in [4.78, 5) is 65.6. The Balaban J connectivity index is 0.000000186. The molecule has 0 radical (unpaired) electrons. The summed E-state index contributed by atoms with van der Waals surface area (Å²) < 4.78 is 24.0. The van der Waals surface area contributed by atoms with E-state index in [9.17, 15) is 23.6 Å². The first kappa shape index (κ1) is 42.7. The Morgan fingerprint density at radius 1 is 0.574 bits per heavy atom. The topological polar surface area (TPSA) is 142 Å². The Kier molecular flexibility index (Phi) is 13.6. The highest BCUT2D eigenvalue weighted by molar-refractivity contribution is 6.47. The zero-order valence-corrected chi connectivity index (χ0v) is 34.8. The lowest BCUT2D eigenvalue weighted by atomic mass is 10.00. The molecule has 2 heterocycles. The fourth-order valence-electron chi connectivity index (χ4n) is 8.73. The van der Waals surface area contributed by atoms with Crippen LogP contribution in [-0.4, -0.2) is 83.5 Å². The van der Waals surface area contributed by atoms with Gasteiger partial charge in [-0.1, -0.05) is 74.2 Å². The fourth-order valence-corrected chi connectivity index (χ4v) is 8.73. The Hall–Kier alpha value is -6.37. The molecule has 0 atom stereocenters. The smallest absolute Gasteiger partial charge is 0.275 e. The van der Waals surface area contributed by atoms with Gasteiger partial charge < -0.3 is 29.9 Å². The van der Waals surface area contributed by atoms with Gasteiger partial charge in [-0.2, -0.15) is 0 Å². The Bertz CT molecular complexity index is 2230. The second kappa shape index (κ2) is 19.3. The first-order chi connectivity index (χ1) is 29.6. The fraction of sp³-hybridized carbons (Fsp3) is 0.375. The summed E-state index contributed by atoms with van der Waals surface area (Å²) >= 11 is 0. The van der Waals surface area contributed by atoms with Gasteiger partial charge in [0.05, 0.1) is 14.2 Å². The van der Waals surface area contributed by atoms with Crippen LogP contribution < -0.4 is 20.1 Å². The minimum absolute atomic E-state index is 0.0214. The molecule has 13 heteroatoms. The summed E-state index contributed by atoms with van der Waals surface area (Å²) in [6.45, 7) is -0.111. The molecule has 0 aromatic heterocycles. The van der Waals surface area contributed by atoms with Gasteiger partial charge in [0, 0.05) is 40.7 Å². The van der Waals surface area contributed by atoms with Crippen LogP contribution in [0, 0.1) is 5.82 Å². The summed E-state index contributed by atoms with van der Waals surface area (Å²) in [5.74, 6) is -0.254. The van der Waals surface area contributed by atoms with Crippen LogP contribution in [0.25, 0.3) is 0 Å². The Labute approximate surface area is 356 Å². The number of benzene rings is 4. The summed E-state index contributed by atoms with van der Waals surface area (Å²) in [6, 6.07) is 29.8. The molecule has 2 spiro atoms. The van der Waals surface area contributed by atoms with Crippen LogP contribution in [0.4, 0.5) is 15.8 Å². The molecule has 8 rings (SSSR count). The molecule has 0 bridgehead atoms. The van der Waals surface area contributed by atoms with Crippen molar-refractivity contribution in [3.8, 4) is 11.5 Å². The maximum absolute atomic E-state index is 13.4. The number of carbonyl (C=O) groups excluding carboxylic acids is 4. The van der Waals surface area contributed by atoms with E-state index >= 15 is 0 Å². The highest BCUT2D eigenvalue weighted by atomic mass is 19.1. The average Bonchev–Trinajstić information content (AvgIpc) is 3.46. The number of nitrogens with one attached hydrogen (secondary N) is 2. The third kappa shape index (κ3) is 9.99. The van der Waals surface area contributed by atoms with Gasteiger partial charge in [0.2, 0.25) is 11.8 Å². The van der Waals surface area contributed by atoms with Gasteiger partial charge in [0.1, 0.15) is 53.2 Å². The van der Waals surface area contributed by atoms with Crippen LogP contribution in [0.15, 0.2) is 113 Å². The number of para-hydroxylation sites is 1. The van der Waals surface area contributed by atoms with Crippen molar-refractivity contribution in [3.05, 3.63) is 120 Å². The summed E-state index contributed by atoms with van der Waals surface area (Å²) in [5.41, 5.74) is 2.05. The molecular weight excluding hydrogens is 776 g/mol. The summed E-state index contributed by atoms with van der Waals surface area (Å²) in [7, 11) is 3.07. The molecule has 4 aromatic carbocycles. The monoisotopic (exact) mass is 828 g/mol. The van der Waals surface area contributed by atoms with E-state index < -0.39 is 11.3 Å². The van der Waals surface area contributed by atoms with Crippen LogP contribution in [0.5, 0.6) is 11.5 Å². The van der Waals surface area contributed by atoms with E-state index in [2.05, 4.69) is 10.6 Å². The molecule has 4 aliphatic rings. The maximum Gasteiger partial charge on any atom is 0.275 e. The van der Waals surface area contributed by atoms with Crippen molar-refractivity contribution in [1.29, 1.82) is 0 Å². The number of halogens is 1. The predicted octanol–water partition coefficient (Wildman–Crippen LogP) is 8.17. The number of hydrogen-bond acceptors (Lipinski definition) is 8. The molecule has 4 amide bonds. The van der Waals surface area contributed by atoms with Crippen LogP contribution >= 0.6 is 0 Å². The number of amides is 4. The second-order valence-corrected chi connectivity index (χ2v) is 15.9. The summed E-state index contributed by atoms with van der Waals surface area (Å²) in [6.07, 6.45) is 11.4. The van der Waals surface area contributed by atoms with Crippen LogP contribution in [0.1, 0.15) is 88.2 Å². The number of methoxy groups -OCH3 is 2. The van der Waals surface area contributed by atoms with Gasteiger partial charge in [0.15, 0.2) is 0 Å². The molecule has 0 unspecified atom stereocenters. The molecule has 2 N–H and O–H groups in total. The SMILES string of the molecule is COc1cc(NC(=O)CN2C(=O)C(c3ccc(F)cc3)=NC23CCCCCC3)cc(OC)c1.O=C(CN1C(=O)C(c2ccccc2)=NC12CCCCCC2)Nc1ccccc1. The van der Waals surface area contributed by atoms with E-state index in [1.807, 2.05) is 60.7 Å². The van der Waals surface area contributed by atoms with Crippen molar-refractivity contribution in [2.45, 2.75) is 88.4 Å². The minimum atomic E-state index is -0.749. The van der Waals surface area contributed by atoms with Gasteiger partial charge >= 0.3 is 0 Å². The highest BCUT2D eigenvalue weighted by Gasteiger charge is 2.49. The largest absolute Gasteiger partial charge is 0.497 e. The number of hydrogen-bond donors (Lipinski definition) is 2. The maximum atomic E-state index is 13.4. The number of carbonyl (C=O) groups is 4. The molecule has 0 saturated heterocycles. The molecule has 2 aliphatic carbocycles. The van der Waals surface area contributed by atoms with Crippen molar-refractivity contribution in [2.24, 2.45) is 9.98 Å². The highest BCUT2D eigenvalue weighted by Crippen LogP contribution is 2.40. The normalized spacial score (nSPS) is 18.0. The molecular formula is C48H53FN6O6. The molecule has 2 fully saturated rings. The van der Waals surface area contributed by atoms with Crippen molar-refractivity contribution in [1.82, 2.24) is 9.80 Å². The van der Waals surface area contributed by atoms with Gasteiger partial charge in [-0.3, -0.25) is 29.2 Å². The van der Waals surface area contributed by atoms with Gasteiger partial charge in [-0.15, -0.1) is 0 Å². The van der Waals surface area contributed by atoms with Crippen LogP contribution in [0.2, 0.25) is 0 Å². The number of nitrogens with zero attached hydrogens (tertiary/aromatic N) is 4. The van der Waals surface area contributed by atoms with E-state index in [0.717, 1.165) is 75.5 Å². The van der Waals surface area contributed by atoms with E-state index in [4.69, 9.17) is 19.5 Å². The number of anilines is 2. The van der Waals surface area contributed by atoms with Crippen LogP contribution in [-0.2, 0) is 19.2 Å². The third-order valence-electron chi connectivity index (χ3n) is 11.8. The molecule has 2 saturated carbocycles. The molecule has 61 heavy (non-hydrogen) atoms. The number of rotatable bonds is 10. The lowest BCUT2D eigenvalue weighted by Gasteiger charge is -2.35. The number of ether oxygens (including phenoxy) is 2. The second-order valence-electron chi connectivity index (χ2n) is 15.9. The van der Waals surface area contributed by atoms with Crippen molar-refractivity contribution in [3.63, 3.8) is 0 Å². The predicted molar refractivity (Wildman–Crippen MR) is 233 cm³/mol. The first-order valence-corrected chi connectivity index (χ1v) is 21.1.